The maximum Gasteiger partial charge on any atom is 0.254 e. The minimum absolute atomic E-state index is 0.00587. The van der Waals surface area contributed by atoms with Gasteiger partial charge in [0.2, 0.25) is 5.91 Å². The smallest absolute Gasteiger partial charge is 0.254 e. The Hall–Kier alpha value is -1.53. The lowest BCUT2D eigenvalue weighted by atomic mass is 10.1. The Morgan fingerprint density at radius 1 is 1.29 bits per heavy atom. The summed E-state index contributed by atoms with van der Waals surface area (Å²) in [6.07, 6.45) is 0. The van der Waals surface area contributed by atoms with Gasteiger partial charge in [-0.15, -0.1) is 11.8 Å². The molecule has 0 bridgehead atoms. The van der Waals surface area contributed by atoms with E-state index >= 15 is 0 Å². The Balaban J connectivity index is 1.73. The van der Waals surface area contributed by atoms with Crippen molar-refractivity contribution in [2.45, 2.75) is 11.8 Å². The van der Waals surface area contributed by atoms with Crippen LogP contribution in [0.25, 0.3) is 0 Å². The summed E-state index contributed by atoms with van der Waals surface area (Å²) in [6.45, 7) is 6.57. The summed E-state index contributed by atoms with van der Waals surface area (Å²) in [5.74, 6) is 0.492. The van der Waals surface area contributed by atoms with Gasteiger partial charge < -0.3 is 15.1 Å². The van der Waals surface area contributed by atoms with Crippen LogP contribution in [0.1, 0.15) is 17.3 Å². The van der Waals surface area contributed by atoms with Gasteiger partial charge in [0.25, 0.3) is 5.91 Å². The maximum atomic E-state index is 12.5. The van der Waals surface area contributed by atoms with Gasteiger partial charge in [-0.1, -0.05) is 6.92 Å². The van der Waals surface area contributed by atoms with E-state index in [1.165, 1.54) is 11.8 Å². The van der Waals surface area contributed by atoms with Crippen LogP contribution in [-0.2, 0) is 4.79 Å². The van der Waals surface area contributed by atoms with Gasteiger partial charge in [0.05, 0.1) is 11.4 Å². The normalized spacial score (nSPS) is 19.1. The lowest BCUT2D eigenvalue weighted by Gasteiger charge is -2.34. The summed E-state index contributed by atoms with van der Waals surface area (Å²) in [6, 6.07) is 5.58. The minimum atomic E-state index is -0.00587. The molecular formula is C15H19N3O2S. The second kappa shape index (κ2) is 6.07. The number of hydrogen-bond donors (Lipinski definition) is 1. The predicted molar refractivity (Wildman–Crippen MR) is 83.8 cm³/mol. The van der Waals surface area contributed by atoms with E-state index in [0.717, 1.165) is 43.3 Å². The summed E-state index contributed by atoms with van der Waals surface area (Å²) < 4.78 is 0. The standard InChI is InChI=1S/C15H19N3O2S/c1-2-17-5-7-18(8-6-17)15(20)11-3-4-13-12(9-11)16-14(19)10-21-13/h3-4,9H,2,5-8,10H2,1H3,(H,16,19). The molecule has 2 aliphatic rings. The highest BCUT2D eigenvalue weighted by molar-refractivity contribution is 8.00. The number of fused-ring (bicyclic) bond motifs is 1. The molecule has 0 radical (unpaired) electrons. The number of anilines is 1. The summed E-state index contributed by atoms with van der Waals surface area (Å²) in [5.41, 5.74) is 1.41. The molecule has 0 saturated carbocycles. The third-order valence-corrected chi connectivity index (χ3v) is 5.04. The van der Waals surface area contributed by atoms with Gasteiger partial charge in [0, 0.05) is 36.6 Å². The van der Waals surface area contributed by atoms with Gasteiger partial charge in [-0.05, 0) is 24.7 Å². The maximum absolute atomic E-state index is 12.5. The number of piperazine rings is 1. The van der Waals surface area contributed by atoms with Crippen LogP contribution in [0.15, 0.2) is 23.1 Å². The zero-order valence-electron chi connectivity index (χ0n) is 12.1. The number of likely N-dealkylation sites (N-methyl/N-ethyl adjacent to an activating group) is 1. The average molecular weight is 305 g/mol. The molecule has 1 aromatic carbocycles. The van der Waals surface area contributed by atoms with E-state index in [1.54, 1.807) is 6.07 Å². The average Bonchev–Trinajstić information content (AvgIpc) is 2.53. The molecule has 0 unspecified atom stereocenters. The van der Waals surface area contributed by atoms with Crippen LogP contribution in [0, 0.1) is 0 Å². The molecule has 112 valence electrons. The second-order valence-electron chi connectivity index (χ2n) is 5.27. The van der Waals surface area contributed by atoms with E-state index in [2.05, 4.69) is 17.1 Å². The summed E-state index contributed by atoms with van der Waals surface area (Å²) in [5, 5.41) is 2.84. The molecule has 1 fully saturated rings. The van der Waals surface area contributed by atoms with E-state index < -0.39 is 0 Å². The fraction of sp³-hybridized carbons (Fsp3) is 0.467. The minimum Gasteiger partial charge on any atom is -0.336 e. The first-order valence-electron chi connectivity index (χ1n) is 7.25. The molecular weight excluding hydrogens is 286 g/mol. The summed E-state index contributed by atoms with van der Waals surface area (Å²) >= 11 is 1.51. The van der Waals surface area contributed by atoms with Crippen molar-refractivity contribution >= 4 is 29.3 Å². The number of nitrogens with one attached hydrogen (secondary N) is 1. The molecule has 5 nitrogen and oxygen atoms in total. The Morgan fingerprint density at radius 2 is 2.05 bits per heavy atom. The van der Waals surface area contributed by atoms with Crippen molar-refractivity contribution in [1.82, 2.24) is 9.80 Å². The molecule has 1 aromatic rings. The van der Waals surface area contributed by atoms with Crippen molar-refractivity contribution in [1.29, 1.82) is 0 Å². The van der Waals surface area contributed by atoms with Gasteiger partial charge in [0.15, 0.2) is 0 Å². The van der Waals surface area contributed by atoms with Crippen molar-refractivity contribution in [3.8, 4) is 0 Å². The third kappa shape index (κ3) is 3.06. The van der Waals surface area contributed by atoms with Gasteiger partial charge in [-0.25, -0.2) is 0 Å². The summed E-state index contributed by atoms with van der Waals surface area (Å²) in [7, 11) is 0. The van der Waals surface area contributed by atoms with Gasteiger partial charge in [-0.3, -0.25) is 9.59 Å². The van der Waals surface area contributed by atoms with Gasteiger partial charge >= 0.3 is 0 Å². The molecule has 2 aliphatic heterocycles. The van der Waals surface area contributed by atoms with Crippen LogP contribution >= 0.6 is 11.8 Å². The number of rotatable bonds is 2. The molecule has 2 amide bonds. The molecule has 2 heterocycles. The van der Waals surface area contributed by atoms with Crippen LogP contribution in [0.3, 0.4) is 0 Å². The monoisotopic (exact) mass is 305 g/mol. The first-order valence-corrected chi connectivity index (χ1v) is 8.24. The molecule has 0 atom stereocenters. The molecule has 6 heteroatoms. The number of amides is 2. The van der Waals surface area contributed by atoms with E-state index in [9.17, 15) is 9.59 Å². The molecule has 0 aliphatic carbocycles. The van der Waals surface area contributed by atoms with Crippen LogP contribution in [-0.4, -0.2) is 60.1 Å². The summed E-state index contributed by atoms with van der Waals surface area (Å²) in [4.78, 5) is 29.3. The highest BCUT2D eigenvalue weighted by Gasteiger charge is 2.23. The van der Waals surface area contributed by atoms with E-state index in [4.69, 9.17) is 0 Å². The number of carbonyl (C=O) groups excluding carboxylic acids is 2. The Kier molecular flexibility index (Phi) is 4.17. The van der Waals surface area contributed by atoms with E-state index in [1.807, 2.05) is 17.0 Å². The molecule has 21 heavy (non-hydrogen) atoms. The molecule has 1 N–H and O–H groups in total. The number of nitrogens with zero attached hydrogens (tertiary/aromatic N) is 2. The third-order valence-electron chi connectivity index (χ3n) is 3.97. The first-order chi connectivity index (χ1) is 10.2. The van der Waals surface area contributed by atoms with Crippen LogP contribution in [0.4, 0.5) is 5.69 Å². The Bertz CT molecular complexity index is 568. The quantitative estimate of drug-likeness (QED) is 0.900. The molecule has 0 aromatic heterocycles. The zero-order valence-corrected chi connectivity index (χ0v) is 12.9. The molecule has 1 saturated heterocycles. The van der Waals surface area contributed by atoms with Crippen molar-refractivity contribution in [3.63, 3.8) is 0 Å². The highest BCUT2D eigenvalue weighted by Crippen LogP contribution is 2.32. The van der Waals surface area contributed by atoms with Crippen LogP contribution in [0.5, 0.6) is 0 Å². The number of benzene rings is 1. The SMILES string of the molecule is CCN1CCN(C(=O)c2ccc3c(c2)NC(=O)CS3)CC1. The van der Waals surface area contributed by atoms with Crippen LogP contribution in [0.2, 0.25) is 0 Å². The zero-order chi connectivity index (χ0) is 14.8. The molecule has 0 spiro atoms. The fourth-order valence-electron chi connectivity index (χ4n) is 2.67. The van der Waals surface area contributed by atoms with Crippen LogP contribution < -0.4 is 5.32 Å². The van der Waals surface area contributed by atoms with Crippen molar-refractivity contribution in [2.75, 3.05) is 43.8 Å². The lowest BCUT2D eigenvalue weighted by molar-refractivity contribution is -0.113. The van der Waals surface area contributed by atoms with Gasteiger partial charge in [0.1, 0.15) is 0 Å². The highest BCUT2D eigenvalue weighted by atomic mass is 32.2. The van der Waals surface area contributed by atoms with Gasteiger partial charge in [-0.2, -0.15) is 0 Å². The second-order valence-corrected chi connectivity index (χ2v) is 6.29. The predicted octanol–water partition coefficient (Wildman–Crippen LogP) is 1.51. The first kappa shape index (κ1) is 14.4. The fourth-order valence-corrected chi connectivity index (χ4v) is 3.45. The number of carbonyl (C=O) groups is 2. The largest absolute Gasteiger partial charge is 0.336 e. The number of thioether (sulfide) groups is 1. The van der Waals surface area contributed by atoms with E-state index in [-0.39, 0.29) is 11.8 Å². The Labute approximate surface area is 128 Å². The van der Waals surface area contributed by atoms with Crippen molar-refractivity contribution in [3.05, 3.63) is 23.8 Å². The Morgan fingerprint density at radius 3 is 2.76 bits per heavy atom. The van der Waals surface area contributed by atoms with Crippen molar-refractivity contribution < 1.29 is 9.59 Å². The van der Waals surface area contributed by atoms with E-state index in [0.29, 0.717) is 11.3 Å². The lowest BCUT2D eigenvalue weighted by Crippen LogP contribution is -2.48. The van der Waals surface area contributed by atoms with Crippen molar-refractivity contribution in [2.24, 2.45) is 0 Å². The number of hydrogen-bond acceptors (Lipinski definition) is 4. The topological polar surface area (TPSA) is 52.6 Å². The molecule has 3 rings (SSSR count).